The molecule has 0 saturated carbocycles. The molecule has 0 aliphatic heterocycles. The molecule has 0 spiro atoms. The number of ether oxygens (including phenoxy) is 1. The number of halogens is 1. The molecule has 0 saturated heterocycles. The van der Waals surface area contributed by atoms with Gasteiger partial charge >= 0.3 is 5.97 Å². The van der Waals surface area contributed by atoms with Crippen molar-refractivity contribution in [3.63, 3.8) is 0 Å². The summed E-state index contributed by atoms with van der Waals surface area (Å²) < 4.78 is 4.62. The van der Waals surface area contributed by atoms with Crippen LogP contribution < -0.4 is 5.32 Å². The van der Waals surface area contributed by atoms with Crippen molar-refractivity contribution in [1.29, 1.82) is 0 Å². The highest BCUT2D eigenvalue weighted by Crippen LogP contribution is 2.24. The molecule has 0 unspecified atom stereocenters. The van der Waals surface area contributed by atoms with E-state index in [4.69, 9.17) is 11.6 Å². The lowest BCUT2D eigenvalue weighted by atomic mass is 10.1. The van der Waals surface area contributed by atoms with Gasteiger partial charge in [-0.1, -0.05) is 35.9 Å². The molecule has 98 valence electrons. The maximum absolute atomic E-state index is 11.1. The summed E-state index contributed by atoms with van der Waals surface area (Å²) in [6, 6.07) is 15.1. The monoisotopic (exact) mass is 275 g/mol. The molecule has 0 aromatic heterocycles. The second-order valence-electron chi connectivity index (χ2n) is 4.05. The van der Waals surface area contributed by atoms with Crippen molar-refractivity contribution in [2.24, 2.45) is 0 Å². The van der Waals surface area contributed by atoms with Gasteiger partial charge in [0.1, 0.15) is 0 Å². The molecule has 0 amide bonds. The number of carbonyl (C=O) groups excluding carboxylic acids is 1. The van der Waals surface area contributed by atoms with Crippen molar-refractivity contribution in [3.8, 4) is 0 Å². The summed E-state index contributed by atoms with van der Waals surface area (Å²) in [5, 5.41) is 3.89. The van der Waals surface area contributed by atoms with E-state index in [0.29, 0.717) is 5.02 Å². The Morgan fingerprint density at radius 1 is 1.16 bits per heavy atom. The fourth-order valence-electron chi connectivity index (χ4n) is 1.66. The van der Waals surface area contributed by atoms with Gasteiger partial charge in [0.05, 0.1) is 24.2 Å². The van der Waals surface area contributed by atoms with Crippen LogP contribution in [0.15, 0.2) is 48.5 Å². The van der Waals surface area contributed by atoms with Crippen LogP contribution in [0, 0.1) is 0 Å². The number of benzene rings is 2. The van der Waals surface area contributed by atoms with E-state index in [1.807, 2.05) is 48.5 Å². The van der Waals surface area contributed by atoms with Crippen LogP contribution in [0.3, 0.4) is 0 Å². The number of methoxy groups -OCH3 is 1. The Balaban J connectivity index is 2.07. The van der Waals surface area contributed by atoms with Crippen LogP contribution in [-0.2, 0) is 16.0 Å². The van der Waals surface area contributed by atoms with Gasteiger partial charge in [-0.25, -0.2) is 0 Å². The molecule has 2 rings (SSSR count). The highest BCUT2D eigenvalue weighted by Gasteiger charge is 2.03. The number of carbonyl (C=O) groups is 1. The first kappa shape index (κ1) is 13.4. The van der Waals surface area contributed by atoms with E-state index in [2.05, 4.69) is 10.1 Å². The molecule has 2 aromatic carbocycles. The molecule has 0 radical (unpaired) electrons. The van der Waals surface area contributed by atoms with Gasteiger partial charge in [0.25, 0.3) is 0 Å². The second kappa shape index (κ2) is 6.25. The molecule has 1 N–H and O–H groups in total. The van der Waals surface area contributed by atoms with E-state index >= 15 is 0 Å². The molecule has 0 aliphatic carbocycles. The first-order valence-electron chi connectivity index (χ1n) is 5.86. The zero-order valence-electron chi connectivity index (χ0n) is 10.5. The Bertz CT molecular complexity index is 567. The van der Waals surface area contributed by atoms with Gasteiger partial charge in [0.2, 0.25) is 0 Å². The first-order chi connectivity index (χ1) is 9.19. The van der Waals surface area contributed by atoms with Crippen LogP contribution in [-0.4, -0.2) is 13.1 Å². The third-order valence-corrected chi connectivity index (χ3v) is 3.01. The van der Waals surface area contributed by atoms with Gasteiger partial charge in [-0.3, -0.25) is 4.79 Å². The van der Waals surface area contributed by atoms with Crippen LogP contribution in [0.25, 0.3) is 0 Å². The normalized spacial score (nSPS) is 10.0. The average Bonchev–Trinajstić information content (AvgIpc) is 2.43. The van der Waals surface area contributed by atoms with Crippen molar-refractivity contribution in [2.75, 3.05) is 12.4 Å². The Labute approximate surface area is 117 Å². The number of para-hydroxylation sites is 1. The van der Waals surface area contributed by atoms with Gasteiger partial charge in [-0.15, -0.1) is 0 Å². The predicted octanol–water partition coefficient (Wildman–Crippen LogP) is 3.80. The number of nitrogens with one attached hydrogen (secondary N) is 1. The minimum absolute atomic E-state index is 0.244. The van der Waals surface area contributed by atoms with Crippen LogP contribution in [0.4, 0.5) is 11.4 Å². The maximum Gasteiger partial charge on any atom is 0.309 e. The summed E-state index contributed by atoms with van der Waals surface area (Å²) in [5.41, 5.74) is 2.68. The Hall–Kier alpha value is -2.00. The largest absolute Gasteiger partial charge is 0.469 e. The number of hydrogen-bond acceptors (Lipinski definition) is 3. The molecule has 0 aliphatic rings. The molecule has 4 heteroatoms. The summed E-state index contributed by atoms with van der Waals surface area (Å²) in [6.07, 6.45) is 0.281. The van der Waals surface area contributed by atoms with Crippen molar-refractivity contribution in [3.05, 3.63) is 59.1 Å². The molecule has 0 heterocycles. The Kier molecular flexibility index (Phi) is 4.42. The summed E-state index contributed by atoms with van der Waals surface area (Å²) >= 11 is 6.07. The van der Waals surface area contributed by atoms with E-state index < -0.39 is 0 Å². The topological polar surface area (TPSA) is 38.3 Å². The first-order valence-corrected chi connectivity index (χ1v) is 6.24. The van der Waals surface area contributed by atoms with Crippen molar-refractivity contribution in [2.45, 2.75) is 6.42 Å². The van der Waals surface area contributed by atoms with Crippen molar-refractivity contribution >= 4 is 28.9 Å². The predicted molar refractivity (Wildman–Crippen MR) is 76.9 cm³/mol. The standard InChI is InChI=1S/C15H14ClNO2/c1-19-15(18)10-11-6-8-12(9-7-11)17-14-5-3-2-4-13(14)16/h2-9,17H,10H2,1H3. The molecule has 0 bridgehead atoms. The fraction of sp³-hybridized carbons (Fsp3) is 0.133. The van der Waals surface area contributed by atoms with Gasteiger partial charge in [0, 0.05) is 5.69 Å². The summed E-state index contributed by atoms with van der Waals surface area (Å²) in [6.45, 7) is 0. The second-order valence-corrected chi connectivity index (χ2v) is 4.46. The number of rotatable bonds is 4. The molecule has 0 atom stereocenters. The highest BCUT2D eigenvalue weighted by atomic mass is 35.5. The van der Waals surface area contributed by atoms with Crippen LogP contribution in [0.5, 0.6) is 0 Å². The average molecular weight is 276 g/mol. The molecule has 3 nitrogen and oxygen atoms in total. The smallest absolute Gasteiger partial charge is 0.309 e. The van der Waals surface area contributed by atoms with E-state index in [-0.39, 0.29) is 12.4 Å². The Morgan fingerprint density at radius 3 is 2.47 bits per heavy atom. The SMILES string of the molecule is COC(=O)Cc1ccc(Nc2ccccc2Cl)cc1. The molecule has 2 aromatic rings. The highest BCUT2D eigenvalue weighted by molar-refractivity contribution is 6.33. The van der Waals surface area contributed by atoms with E-state index in [1.54, 1.807) is 0 Å². The Morgan fingerprint density at radius 2 is 1.84 bits per heavy atom. The summed E-state index contributed by atoms with van der Waals surface area (Å²) in [4.78, 5) is 11.1. The molecular weight excluding hydrogens is 262 g/mol. The minimum atomic E-state index is -0.244. The molecule has 19 heavy (non-hydrogen) atoms. The van der Waals surface area contributed by atoms with Crippen molar-refractivity contribution in [1.82, 2.24) is 0 Å². The lowest BCUT2D eigenvalue weighted by Crippen LogP contribution is -2.04. The molecular formula is C15H14ClNO2. The van der Waals surface area contributed by atoms with Gasteiger partial charge in [-0.2, -0.15) is 0 Å². The zero-order chi connectivity index (χ0) is 13.7. The van der Waals surface area contributed by atoms with E-state index in [0.717, 1.165) is 16.9 Å². The van der Waals surface area contributed by atoms with E-state index in [1.165, 1.54) is 7.11 Å². The summed E-state index contributed by atoms with van der Waals surface area (Å²) in [7, 11) is 1.38. The number of esters is 1. The third kappa shape index (κ3) is 3.73. The lowest BCUT2D eigenvalue weighted by Gasteiger charge is -2.08. The summed E-state index contributed by atoms with van der Waals surface area (Å²) in [5.74, 6) is -0.244. The zero-order valence-corrected chi connectivity index (χ0v) is 11.3. The van der Waals surface area contributed by atoms with Crippen LogP contribution >= 0.6 is 11.6 Å². The van der Waals surface area contributed by atoms with Crippen LogP contribution in [0.2, 0.25) is 5.02 Å². The minimum Gasteiger partial charge on any atom is -0.469 e. The van der Waals surface area contributed by atoms with Gasteiger partial charge < -0.3 is 10.1 Å². The van der Waals surface area contributed by atoms with Gasteiger partial charge in [-0.05, 0) is 29.8 Å². The third-order valence-electron chi connectivity index (χ3n) is 2.68. The van der Waals surface area contributed by atoms with E-state index in [9.17, 15) is 4.79 Å². The maximum atomic E-state index is 11.1. The van der Waals surface area contributed by atoms with Crippen molar-refractivity contribution < 1.29 is 9.53 Å². The molecule has 0 fully saturated rings. The number of anilines is 2. The fourth-order valence-corrected chi connectivity index (χ4v) is 1.85. The lowest BCUT2D eigenvalue weighted by molar-refractivity contribution is -0.139. The van der Waals surface area contributed by atoms with Gasteiger partial charge in [0.15, 0.2) is 0 Å². The number of hydrogen-bond donors (Lipinski definition) is 1. The quantitative estimate of drug-likeness (QED) is 0.863. The van der Waals surface area contributed by atoms with Crippen LogP contribution in [0.1, 0.15) is 5.56 Å².